The molecule has 0 radical (unpaired) electrons. The van der Waals surface area contributed by atoms with Crippen LogP contribution < -0.4 is 0 Å². The van der Waals surface area contributed by atoms with Crippen molar-refractivity contribution in [1.82, 2.24) is 20.1 Å². The number of carboxylic acids is 1. The van der Waals surface area contributed by atoms with Crippen molar-refractivity contribution in [2.24, 2.45) is 0 Å². The lowest BCUT2D eigenvalue weighted by atomic mass is 10.2. The van der Waals surface area contributed by atoms with E-state index in [1.165, 1.54) is 0 Å². The van der Waals surface area contributed by atoms with E-state index in [4.69, 9.17) is 5.11 Å². The fourth-order valence-electron chi connectivity index (χ4n) is 1.84. The van der Waals surface area contributed by atoms with E-state index in [1.54, 1.807) is 12.4 Å². The largest absolute Gasteiger partial charge is 0.477 e. The Hall–Kier alpha value is -2.21. The minimum atomic E-state index is -0.981. The van der Waals surface area contributed by atoms with Crippen molar-refractivity contribution in [1.29, 1.82) is 0 Å². The summed E-state index contributed by atoms with van der Waals surface area (Å²) >= 11 is 0. The molecule has 0 fully saturated rings. The Kier molecular flexibility index (Phi) is 4.25. The van der Waals surface area contributed by atoms with Crippen molar-refractivity contribution in [3.63, 3.8) is 0 Å². The average molecular weight is 260 g/mol. The Labute approximate surface area is 111 Å². The van der Waals surface area contributed by atoms with Gasteiger partial charge in [0.1, 0.15) is 5.69 Å². The van der Waals surface area contributed by atoms with Gasteiger partial charge in [0.25, 0.3) is 0 Å². The topological polar surface area (TPSA) is 82.1 Å². The highest BCUT2D eigenvalue weighted by atomic mass is 16.4. The number of H-pyrrole nitrogens is 1. The number of nitrogens with one attached hydrogen (secondary N) is 1. The van der Waals surface area contributed by atoms with Crippen molar-refractivity contribution >= 4 is 5.97 Å². The molecule has 100 valence electrons. The fraction of sp³-hybridized carbons (Fsp3) is 0.308. The van der Waals surface area contributed by atoms with E-state index in [0.29, 0.717) is 12.1 Å². The van der Waals surface area contributed by atoms with Crippen molar-refractivity contribution in [2.75, 3.05) is 13.6 Å². The predicted octanol–water partition coefficient (Wildman–Crippen LogP) is 1.18. The Bertz CT molecular complexity index is 539. The van der Waals surface area contributed by atoms with Crippen LogP contribution in [-0.2, 0) is 13.0 Å². The van der Waals surface area contributed by atoms with Gasteiger partial charge >= 0.3 is 5.97 Å². The Morgan fingerprint density at radius 2 is 2.32 bits per heavy atom. The molecule has 0 aliphatic rings. The molecular formula is C13H16N4O2. The first-order valence-corrected chi connectivity index (χ1v) is 6.01. The summed E-state index contributed by atoms with van der Waals surface area (Å²) in [6, 6.07) is 5.83. The Morgan fingerprint density at radius 3 is 3.00 bits per heavy atom. The van der Waals surface area contributed by atoms with Crippen LogP contribution in [0.4, 0.5) is 0 Å². The maximum Gasteiger partial charge on any atom is 0.354 e. The first-order chi connectivity index (χ1) is 9.16. The average Bonchev–Trinajstić information content (AvgIpc) is 2.86. The molecule has 0 bridgehead atoms. The highest BCUT2D eigenvalue weighted by Gasteiger charge is 2.13. The van der Waals surface area contributed by atoms with Crippen molar-refractivity contribution < 1.29 is 9.90 Å². The second kappa shape index (κ2) is 6.10. The van der Waals surface area contributed by atoms with Gasteiger partial charge in [-0.05, 0) is 19.2 Å². The normalized spacial score (nSPS) is 10.8. The van der Waals surface area contributed by atoms with Gasteiger partial charge in [0.15, 0.2) is 0 Å². The number of aromatic nitrogens is 3. The highest BCUT2D eigenvalue weighted by molar-refractivity contribution is 5.86. The number of pyridine rings is 1. The number of likely N-dealkylation sites (N-methyl/N-ethyl adjacent to an activating group) is 1. The van der Waals surface area contributed by atoms with E-state index >= 15 is 0 Å². The van der Waals surface area contributed by atoms with Crippen LogP contribution in [0.1, 0.15) is 21.7 Å². The summed E-state index contributed by atoms with van der Waals surface area (Å²) in [7, 11) is 1.95. The van der Waals surface area contributed by atoms with Crippen molar-refractivity contribution in [3.05, 3.63) is 47.5 Å². The quantitative estimate of drug-likeness (QED) is 0.815. The van der Waals surface area contributed by atoms with Gasteiger partial charge in [0, 0.05) is 37.0 Å². The number of aromatic carboxylic acids is 1. The number of aromatic amines is 1. The smallest absolute Gasteiger partial charge is 0.354 e. The van der Waals surface area contributed by atoms with Crippen LogP contribution in [0.5, 0.6) is 0 Å². The van der Waals surface area contributed by atoms with Gasteiger partial charge in [-0.25, -0.2) is 4.79 Å². The first kappa shape index (κ1) is 13.2. The molecule has 6 heteroatoms. The summed E-state index contributed by atoms with van der Waals surface area (Å²) in [4.78, 5) is 17.2. The van der Waals surface area contributed by atoms with Gasteiger partial charge in [-0.2, -0.15) is 5.10 Å². The van der Waals surface area contributed by atoms with Crippen LogP contribution in [0, 0.1) is 0 Å². The molecule has 2 heterocycles. The summed E-state index contributed by atoms with van der Waals surface area (Å²) in [5.41, 5.74) is 1.88. The van der Waals surface area contributed by atoms with Gasteiger partial charge < -0.3 is 10.0 Å². The summed E-state index contributed by atoms with van der Waals surface area (Å²) in [6.45, 7) is 1.35. The Balaban J connectivity index is 1.89. The summed E-state index contributed by atoms with van der Waals surface area (Å²) in [5.74, 6) is -0.981. The molecule has 0 saturated carbocycles. The van der Waals surface area contributed by atoms with Gasteiger partial charge in [-0.15, -0.1) is 0 Å². The molecule has 2 aromatic rings. The SMILES string of the molecule is CN(CCc1ccccn1)Cc1cn[nH]c1C(=O)O. The van der Waals surface area contributed by atoms with E-state index in [0.717, 1.165) is 18.7 Å². The minimum absolute atomic E-state index is 0.157. The Morgan fingerprint density at radius 1 is 1.47 bits per heavy atom. The summed E-state index contributed by atoms with van der Waals surface area (Å²) in [5, 5.41) is 15.2. The second-order valence-corrected chi connectivity index (χ2v) is 4.38. The lowest BCUT2D eigenvalue weighted by Crippen LogP contribution is -2.22. The molecule has 2 aromatic heterocycles. The fourth-order valence-corrected chi connectivity index (χ4v) is 1.84. The lowest BCUT2D eigenvalue weighted by Gasteiger charge is -2.15. The zero-order valence-corrected chi connectivity index (χ0v) is 10.7. The van der Waals surface area contributed by atoms with Gasteiger partial charge in [-0.3, -0.25) is 10.1 Å². The van der Waals surface area contributed by atoms with E-state index in [2.05, 4.69) is 15.2 Å². The van der Waals surface area contributed by atoms with Gasteiger partial charge in [0.05, 0.1) is 6.20 Å². The number of carbonyl (C=O) groups is 1. The third-order valence-electron chi connectivity index (χ3n) is 2.85. The highest BCUT2D eigenvalue weighted by Crippen LogP contribution is 2.08. The number of hydrogen-bond donors (Lipinski definition) is 2. The van der Waals surface area contributed by atoms with Crippen molar-refractivity contribution in [2.45, 2.75) is 13.0 Å². The molecule has 0 amide bonds. The molecule has 0 saturated heterocycles. The molecule has 0 aromatic carbocycles. The van der Waals surface area contributed by atoms with Crippen LogP contribution in [0.15, 0.2) is 30.6 Å². The summed E-state index contributed by atoms with van der Waals surface area (Å²) < 4.78 is 0. The third kappa shape index (κ3) is 3.62. The van der Waals surface area contributed by atoms with Crippen LogP contribution in [0.25, 0.3) is 0 Å². The monoisotopic (exact) mass is 260 g/mol. The van der Waals surface area contributed by atoms with Crippen LogP contribution in [0.3, 0.4) is 0 Å². The van der Waals surface area contributed by atoms with Gasteiger partial charge in [-0.1, -0.05) is 6.07 Å². The molecule has 19 heavy (non-hydrogen) atoms. The molecule has 2 rings (SSSR count). The molecule has 0 aliphatic heterocycles. The number of rotatable bonds is 6. The standard InChI is InChI=1S/C13H16N4O2/c1-17(7-5-11-4-2-3-6-14-11)9-10-8-15-16-12(10)13(18)19/h2-4,6,8H,5,7,9H2,1H3,(H,15,16)(H,18,19). The molecule has 2 N–H and O–H groups in total. The van der Waals surface area contributed by atoms with Gasteiger partial charge in [0.2, 0.25) is 0 Å². The lowest BCUT2D eigenvalue weighted by molar-refractivity contribution is 0.0688. The number of hydrogen-bond acceptors (Lipinski definition) is 4. The van der Waals surface area contributed by atoms with E-state index in [-0.39, 0.29) is 5.69 Å². The second-order valence-electron chi connectivity index (χ2n) is 4.38. The number of carboxylic acid groups (broad SMARTS) is 1. The molecular weight excluding hydrogens is 244 g/mol. The molecule has 0 unspecified atom stereocenters. The molecule has 6 nitrogen and oxygen atoms in total. The van der Waals surface area contributed by atoms with E-state index in [1.807, 2.05) is 30.1 Å². The maximum absolute atomic E-state index is 10.9. The minimum Gasteiger partial charge on any atom is -0.477 e. The zero-order valence-electron chi connectivity index (χ0n) is 10.7. The number of nitrogens with zero attached hydrogens (tertiary/aromatic N) is 3. The maximum atomic E-state index is 10.9. The van der Waals surface area contributed by atoms with E-state index in [9.17, 15) is 4.79 Å². The molecule has 0 aliphatic carbocycles. The van der Waals surface area contributed by atoms with Crippen molar-refractivity contribution in [3.8, 4) is 0 Å². The molecule has 0 spiro atoms. The predicted molar refractivity (Wildman–Crippen MR) is 69.8 cm³/mol. The van der Waals surface area contributed by atoms with Crippen LogP contribution >= 0.6 is 0 Å². The van der Waals surface area contributed by atoms with Crippen LogP contribution in [0.2, 0.25) is 0 Å². The van der Waals surface area contributed by atoms with Crippen LogP contribution in [-0.4, -0.2) is 44.7 Å². The summed E-state index contributed by atoms with van der Waals surface area (Å²) in [6.07, 6.45) is 4.16. The third-order valence-corrected chi connectivity index (χ3v) is 2.85. The molecule has 0 atom stereocenters. The first-order valence-electron chi connectivity index (χ1n) is 6.01. The van der Waals surface area contributed by atoms with E-state index < -0.39 is 5.97 Å². The zero-order chi connectivity index (χ0) is 13.7.